The van der Waals surface area contributed by atoms with Gasteiger partial charge in [0.2, 0.25) is 0 Å². The van der Waals surface area contributed by atoms with E-state index in [-0.39, 0.29) is 6.17 Å². The molecular formula is C4H12N2. The second-order valence-corrected chi connectivity index (χ2v) is 1.35. The molecule has 1 unspecified atom stereocenters. The minimum atomic E-state index is 0.148. The molecule has 2 heteroatoms. The molecule has 1 atom stereocenters. The van der Waals surface area contributed by atoms with Gasteiger partial charge in [-0.2, -0.15) is 0 Å². The van der Waals surface area contributed by atoms with Gasteiger partial charge in [-0.1, -0.05) is 6.92 Å². The van der Waals surface area contributed by atoms with Gasteiger partial charge in [-0.3, -0.25) is 0 Å². The molecule has 38 valence electrons. The third-order valence-electron chi connectivity index (χ3n) is 0.526. The molecule has 0 saturated heterocycles. The van der Waals surface area contributed by atoms with E-state index in [2.05, 4.69) is 5.32 Å². The molecule has 0 heterocycles. The van der Waals surface area contributed by atoms with Crippen LogP contribution < -0.4 is 11.1 Å². The monoisotopic (exact) mass is 88.1 g/mol. The fraction of sp³-hybridized carbons (Fsp3) is 1.00. The van der Waals surface area contributed by atoms with Gasteiger partial charge in [-0.25, -0.2) is 0 Å². The molecule has 0 radical (unpaired) electrons. The van der Waals surface area contributed by atoms with E-state index >= 15 is 0 Å². The van der Waals surface area contributed by atoms with Gasteiger partial charge in [-0.05, 0) is 13.5 Å². The Labute approximate surface area is 38.7 Å². The van der Waals surface area contributed by atoms with Crippen LogP contribution in [0.3, 0.4) is 0 Å². The minimum Gasteiger partial charge on any atom is -0.316 e. The zero-order valence-corrected chi connectivity index (χ0v) is 4.36. The summed E-state index contributed by atoms with van der Waals surface area (Å²) >= 11 is 0. The van der Waals surface area contributed by atoms with Crippen LogP contribution in [0, 0.1) is 0 Å². The Bertz CT molecular complexity index is 26.7. The summed E-state index contributed by atoms with van der Waals surface area (Å²) in [5, 5.41) is 2.99. The highest BCUT2D eigenvalue weighted by Gasteiger charge is 1.81. The summed E-state index contributed by atoms with van der Waals surface area (Å²) in [6.07, 6.45) is 0.148. The topological polar surface area (TPSA) is 38.0 Å². The molecule has 0 bridgehead atoms. The predicted molar refractivity (Wildman–Crippen MR) is 27.3 cm³/mol. The first-order valence-electron chi connectivity index (χ1n) is 2.26. The molecule has 3 N–H and O–H groups in total. The van der Waals surface area contributed by atoms with E-state index in [4.69, 9.17) is 5.73 Å². The summed E-state index contributed by atoms with van der Waals surface area (Å²) in [5.74, 6) is 0. The quantitative estimate of drug-likeness (QED) is 0.463. The first-order chi connectivity index (χ1) is 2.77. The van der Waals surface area contributed by atoms with E-state index in [0.29, 0.717) is 0 Å². The normalized spacial score (nSPS) is 14.5. The number of hydrogen-bond acceptors (Lipinski definition) is 2. The second kappa shape index (κ2) is 3.12. The van der Waals surface area contributed by atoms with Crippen molar-refractivity contribution >= 4 is 0 Å². The molecule has 0 aromatic carbocycles. The summed E-state index contributed by atoms with van der Waals surface area (Å²) in [7, 11) is 0. The predicted octanol–water partition coefficient (Wildman–Crippen LogP) is -0.0994. The van der Waals surface area contributed by atoms with E-state index in [1.54, 1.807) is 0 Å². The van der Waals surface area contributed by atoms with Crippen molar-refractivity contribution in [3.05, 3.63) is 0 Å². The van der Waals surface area contributed by atoms with Crippen LogP contribution in [-0.4, -0.2) is 12.7 Å². The van der Waals surface area contributed by atoms with Gasteiger partial charge < -0.3 is 11.1 Å². The van der Waals surface area contributed by atoms with Gasteiger partial charge in [0.1, 0.15) is 0 Å². The lowest BCUT2D eigenvalue weighted by Gasteiger charge is -2.01. The molecule has 0 aromatic rings. The van der Waals surface area contributed by atoms with Crippen molar-refractivity contribution < 1.29 is 0 Å². The standard InChI is InChI=1S/C4H12N2/c1-3-6-4(2)5/h4,6H,3,5H2,1-2H3. The largest absolute Gasteiger partial charge is 0.316 e. The van der Waals surface area contributed by atoms with Crippen LogP contribution in [0.1, 0.15) is 13.8 Å². The van der Waals surface area contributed by atoms with Crippen LogP contribution in [0.5, 0.6) is 0 Å². The minimum absolute atomic E-state index is 0.148. The highest BCUT2D eigenvalue weighted by atomic mass is 15.0. The Hall–Kier alpha value is -0.0800. The Morgan fingerprint density at radius 1 is 1.83 bits per heavy atom. The van der Waals surface area contributed by atoms with Crippen molar-refractivity contribution in [2.75, 3.05) is 6.54 Å². The van der Waals surface area contributed by atoms with E-state index in [9.17, 15) is 0 Å². The highest BCUT2D eigenvalue weighted by Crippen LogP contribution is 1.59. The van der Waals surface area contributed by atoms with Crippen molar-refractivity contribution in [2.24, 2.45) is 5.73 Å². The van der Waals surface area contributed by atoms with Gasteiger partial charge >= 0.3 is 0 Å². The summed E-state index contributed by atoms with van der Waals surface area (Å²) in [5.41, 5.74) is 5.29. The van der Waals surface area contributed by atoms with Gasteiger partial charge in [0, 0.05) is 0 Å². The first-order valence-corrected chi connectivity index (χ1v) is 2.26. The maximum absolute atomic E-state index is 5.29. The lowest BCUT2D eigenvalue weighted by atomic mass is 10.6. The second-order valence-electron chi connectivity index (χ2n) is 1.35. The van der Waals surface area contributed by atoms with E-state index in [0.717, 1.165) is 6.54 Å². The van der Waals surface area contributed by atoms with Crippen LogP contribution in [-0.2, 0) is 0 Å². The molecule has 0 saturated carbocycles. The Kier molecular flexibility index (Phi) is 3.08. The summed E-state index contributed by atoms with van der Waals surface area (Å²) in [6.45, 7) is 4.91. The van der Waals surface area contributed by atoms with Crippen molar-refractivity contribution in [3.63, 3.8) is 0 Å². The maximum Gasteiger partial charge on any atom is 0.0516 e. The SMILES string of the molecule is CCNC(C)N. The number of nitrogens with two attached hydrogens (primary N) is 1. The lowest BCUT2D eigenvalue weighted by molar-refractivity contribution is 0.589. The number of nitrogens with one attached hydrogen (secondary N) is 1. The highest BCUT2D eigenvalue weighted by molar-refractivity contribution is 4.43. The average Bonchev–Trinajstić information content (AvgIpc) is 1.35. The zero-order valence-electron chi connectivity index (χ0n) is 4.36. The van der Waals surface area contributed by atoms with Crippen LogP contribution >= 0.6 is 0 Å². The van der Waals surface area contributed by atoms with Crippen molar-refractivity contribution in [2.45, 2.75) is 20.0 Å². The van der Waals surface area contributed by atoms with Gasteiger partial charge in [0.25, 0.3) is 0 Å². The van der Waals surface area contributed by atoms with Crippen molar-refractivity contribution in [1.29, 1.82) is 0 Å². The van der Waals surface area contributed by atoms with Gasteiger partial charge in [0.05, 0.1) is 6.17 Å². The maximum atomic E-state index is 5.29. The van der Waals surface area contributed by atoms with E-state index < -0.39 is 0 Å². The fourth-order valence-corrected chi connectivity index (χ4v) is 0.322. The molecule has 0 rings (SSSR count). The van der Waals surface area contributed by atoms with E-state index in [1.807, 2.05) is 13.8 Å². The molecule has 0 aromatic heterocycles. The number of hydrogen-bond donors (Lipinski definition) is 2. The van der Waals surface area contributed by atoms with Crippen molar-refractivity contribution in [3.8, 4) is 0 Å². The third-order valence-corrected chi connectivity index (χ3v) is 0.526. The zero-order chi connectivity index (χ0) is 4.99. The van der Waals surface area contributed by atoms with Crippen LogP contribution in [0.2, 0.25) is 0 Å². The Morgan fingerprint density at radius 3 is 2.33 bits per heavy atom. The smallest absolute Gasteiger partial charge is 0.0516 e. The first kappa shape index (κ1) is 5.92. The molecular weight excluding hydrogens is 76.1 g/mol. The van der Waals surface area contributed by atoms with Gasteiger partial charge in [-0.15, -0.1) is 0 Å². The molecule has 0 aliphatic heterocycles. The molecule has 6 heavy (non-hydrogen) atoms. The summed E-state index contributed by atoms with van der Waals surface area (Å²) < 4.78 is 0. The molecule has 2 nitrogen and oxygen atoms in total. The Balaban J connectivity index is 2.63. The third kappa shape index (κ3) is 3.92. The van der Waals surface area contributed by atoms with Crippen LogP contribution in [0.25, 0.3) is 0 Å². The molecule has 0 amide bonds. The van der Waals surface area contributed by atoms with Crippen LogP contribution in [0.4, 0.5) is 0 Å². The van der Waals surface area contributed by atoms with Gasteiger partial charge in [0.15, 0.2) is 0 Å². The summed E-state index contributed by atoms with van der Waals surface area (Å²) in [4.78, 5) is 0. The van der Waals surface area contributed by atoms with E-state index in [1.165, 1.54) is 0 Å². The number of rotatable bonds is 2. The molecule has 0 aliphatic carbocycles. The van der Waals surface area contributed by atoms with Crippen molar-refractivity contribution in [1.82, 2.24) is 5.32 Å². The average molecular weight is 88.2 g/mol. The fourth-order valence-electron chi connectivity index (χ4n) is 0.322. The molecule has 0 spiro atoms. The Morgan fingerprint density at radius 2 is 2.33 bits per heavy atom. The van der Waals surface area contributed by atoms with Crippen LogP contribution in [0.15, 0.2) is 0 Å². The lowest BCUT2D eigenvalue weighted by Crippen LogP contribution is -2.33. The molecule has 0 fully saturated rings. The summed E-state index contributed by atoms with van der Waals surface area (Å²) in [6, 6.07) is 0. The molecule has 0 aliphatic rings.